The van der Waals surface area contributed by atoms with Gasteiger partial charge in [-0.25, -0.2) is 8.42 Å². The summed E-state index contributed by atoms with van der Waals surface area (Å²) in [5.74, 6) is -0.554. The summed E-state index contributed by atoms with van der Waals surface area (Å²) in [6.07, 6.45) is 3.39. The Balaban J connectivity index is 1.89. The molecule has 0 saturated heterocycles. The van der Waals surface area contributed by atoms with Crippen LogP contribution in [0.1, 0.15) is 43.7 Å². The standard InChI is InChI=1S/C31H36Cl3N3O4S/c1-3-4-18-35-31(39)29(20-23-9-6-5-7-10-23)36(22-24-12-13-26(33)21-28(24)34)30(38)11-8-19-37(42(2,40)41)27-16-14-25(32)15-17-27/h5-7,9-10,12-17,21,29H,3-4,8,11,18-20,22H2,1-2H3,(H,35,39). The molecule has 2 amide bonds. The van der Waals surface area contributed by atoms with Crippen molar-refractivity contribution in [3.05, 3.63) is 99.0 Å². The van der Waals surface area contributed by atoms with Crippen LogP contribution in [-0.4, -0.2) is 50.5 Å². The molecule has 0 aliphatic rings. The van der Waals surface area contributed by atoms with Crippen molar-refractivity contribution in [2.24, 2.45) is 0 Å². The number of halogens is 3. The predicted octanol–water partition coefficient (Wildman–Crippen LogP) is 6.75. The third-order valence-electron chi connectivity index (χ3n) is 6.72. The number of carbonyl (C=O) groups excluding carboxylic acids is 2. The van der Waals surface area contributed by atoms with Gasteiger partial charge in [-0.1, -0.05) is 84.5 Å². The topological polar surface area (TPSA) is 86.8 Å². The number of nitrogens with zero attached hydrogens (tertiary/aromatic N) is 2. The van der Waals surface area contributed by atoms with Crippen LogP contribution in [0.2, 0.25) is 15.1 Å². The highest BCUT2D eigenvalue weighted by molar-refractivity contribution is 7.92. The second-order valence-electron chi connectivity index (χ2n) is 10.0. The maximum atomic E-state index is 13.9. The second kappa shape index (κ2) is 16.2. The van der Waals surface area contributed by atoms with Crippen molar-refractivity contribution < 1.29 is 18.0 Å². The lowest BCUT2D eigenvalue weighted by molar-refractivity contribution is -0.141. The van der Waals surface area contributed by atoms with Crippen LogP contribution in [-0.2, 0) is 32.6 Å². The van der Waals surface area contributed by atoms with Crippen molar-refractivity contribution >= 4 is 62.3 Å². The van der Waals surface area contributed by atoms with E-state index in [2.05, 4.69) is 5.32 Å². The first-order valence-electron chi connectivity index (χ1n) is 13.8. The summed E-state index contributed by atoms with van der Waals surface area (Å²) in [6, 6.07) is 20.2. The van der Waals surface area contributed by atoms with E-state index in [0.717, 1.165) is 24.7 Å². The van der Waals surface area contributed by atoms with Gasteiger partial charge in [-0.2, -0.15) is 0 Å². The van der Waals surface area contributed by atoms with E-state index in [1.165, 1.54) is 9.21 Å². The number of hydrogen-bond acceptors (Lipinski definition) is 4. The highest BCUT2D eigenvalue weighted by Crippen LogP contribution is 2.25. The summed E-state index contributed by atoms with van der Waals surface area (Å²) in [7, 11) is -3.62. The number of sulfonamides is 1. The Bertz CT molecular complexity index is 1440. The van der Waals surface area contributed by atoms with Crippen LogP contribution in [0.4, 0.5) is 5.69 Å². The number of benzene rings is 3. The SMILES string of the molecule is CCCCNC(=O)C(Cc1ccccc1)N(Cc1ccc(Cl)cc1Cl)C(=O)CCCN(c1ccc(Cl)cc1)S(C)(=O)=O. The Labute approximate surface area is 263 Å². The maximum Gasteiger partial charge on any atom is 0.243 e. The molecule has 1 unspecified atom stereocenters. The van der Waals surface area contributed by atoms with Gasteiger partial charge in [0.25, 0.3) is 0 Å². The Morgan fingerprint density at radius 3 is 2.19 bits per heavy atom. The van der Waals surface area contributed by atoms with E-state index < -0.39 is 16.1 Å². The predicted molar refractivity (Wildman–Crippen MR) is 172 cm³/mol. The minimum atomic E-state index is -3.62. The summed E-state index contributed by atoms with van der Waals surface area (Å²) in [5, 5.41) is 4.32. The highest BCUT2D eigenvalue weighted by Gasteiger charge is 2.31. The lowest BCUT2D eigenvalue weighted by Gasteiger charge is -2.32. The Morgan fingerprint density at radius 2 is 1.57 bits per heavy atom. The van der Waals surface area contributed by atoms with Crippen molar-refractivity contribution in [1.29, 1.82) is 0 Å². The van der Waals surface area contributed by atoms with Gasteiger partial charge in [0.1, 0.15) is 6.04 Å². The van der Waals surface area contributed by atoms with Crippen LogP contribution in [0, 0.1) is 0 Å². The first-order chi connectivity index (χ1) is 20.0. The van der Waals surface area contributed by atoms with E-state index in [4.69, 9.17) is 34.8 Å². The fourth-order valence-electron chi connectivity index (χ4n) is 4.50. The molecule has 0 bridgehead atoms. The fraction of sp³-hybridized carbons (Fsp3) is 0.355. The molecule has 0 radical (unpaired) electrons. The molecular weight excluding hydrogens is 617 g/mol. The van der Waals surface area contributed by atoms with Crippen LogP contribution in [0.25, 0.3) is 0 Å². The molecule has 0 spiro atoms. The molecule has 3 rings (SSSR count). The van der Waals surface area contributed by atoms with Crippen LogP contribution in [0.15, 0.2) is 72.8 Å². The summed E-state index contributed by atoms with van der Waals surface area (Å²) in [5.41, 5.74) is 2.00. The van der Waals surface area contributed by atoms with Gasteiger partial charge in [0, 0.05) is 47.5 Å². The second-order valence-corrected chi connectivity index (χ2v) is 13.2. The fourth-order valence-corrected chi connectivity index (χ4v) is 6.06. The number of carbonyl (C=O) groups is 2. The van der Waals surface area contributed by atoms with Crippen LogP contribution in [0.3, 0.4) is 0 Å². The molecule has 3 aromatic carbocycles. The van der Waals surface area contributed by atoms with Gasteiger partial charge in [0.15, 0.2) is 0 Å². The van der Waals surface area contributed by atoms with E-state index in [0.29, 0.717) is 39.3 Å². The first kappa shape index (κ1) is 33.7. The number of unbranched alkanes of at least 4 members (excludes halogenated alkanes) is 1. The van der Waals surface area contributed by atoms with Crippen LogP contribution >= 0.6 is 34.8 Å². The van der Waals surface area contributed by atoms with Crippen molar-refractivity contribution in [1.82, 2.24) is 10.2 Å². The normalized spacial score (nSPS) is 12.0. The molecular formula is C31H36Cl3N3O4S. The minimum absolute atomic E-state index is 0.0123. The molecule has 1 N–H and O–H groups in total. The third kappa shape index (κ3) is 10.2. The highest BCUT2D eigenvalue weighted by atomic mass is 35.5. The number of anilines is 1. The Morgan fingerprint density at radius 1 is 0.905 bits per heavy atom. The maximum absolute atomic E-state index is 13.9. The molecule has 0 fully saturated rings. The molecule has 0 aromatic heterocycles. The van der Waals surface area contributed by atoms with Gasteiger partial charge in [-0.15, -0.1) is 0 Å². The van der Waals surface area contributed by atoms with Crippen molar-refractivity contribution in [2.45, 2.75) is 51.6 Å². The van der Waals surface area contributed by atoms with E-state index in [1.807, 2.05) is 37.3 Å². The number of nitrogens with one attached hydrogen (secondary N) is 1. The van der Waals surface area contributed by atoms with Gasteiger partial charge in [0.2, 0.25) is 21.8 Å². The zero-order valence-corrected chi connectivity index (χ0v) is 26.8. The molecule has 11 heteroatoms. The van der Waals surface area contributed by atoms with Crippen LogP contribution < -0.4 is 9.62 Å². The number of rotatable bonds is 15. The lowest BCUT2D eigenvalue weighted by atomic mass is 10.0. The van der Waals surface area contributed by atoms with Gasteiger partial charge >= 0.3 is 0 Å². The molecule has 7 nitrogen and oxygen atoms in total. The van der Waals surface area contributed by atoms with Gasteiger partial charge in [0.05, 0.1) is 11.9 Å². The van der Waals surface area contributed by atoms with Crippen molar-refractivity contribution in [3.63, 3.8) is 0 Å². The third-order valence-corrected chi connectivity index (χ3v) is 8.76. The molecule has 0 heterocycles. The lowest BCUT2D eigenvalue weighted by Crippen LogP contribution is -2.50. The average molecular weight is 653 g/mol. The van der Waals surface area contributed by atoms with Gasteiger partial charge in [-0.05, 0) is 60.4 Å². The van der Waals surface area contributed by atoms with Crippen molar-refractivity contribution in [2.75, 3.05) is 23.7 Å². The Kier molecular flexibility index (Phi) is 13.0. The molecule has 0 aliphatic carbocycles. The summed E-state index contributed by atoms with van der Waals surface area (Å²) < 4.78 is 26.4. The molecule has 1 atom stereocenters. The Hall–Kier alpha value is -2.78. The molecule has 0 saturated carbocycles. The minimum Gasteiger partial charge on any atom is -0.354 e. The summed E-state index contributed by atoms with van der Waals surface area (Å²) in [4.78, 5) is 29.0. The molecule has 0 aliphatic heterocycles. The zero-order chi connectivity index (χ0) is 30.7. The molecule has 226 valence electrons. The monoisotopic (exact) mass is 651 g/mol. The smallest absolute Gasteiger partial charge is 0.243 e. The first-order valence-corrected chi connectivity index (χ1v) is 16.8. The molecule has 42 heavy (non-hydrogen) atoms. The summed E-state index contributed by atoms with van der Waals surface area (Å²) in [6.45, 7) is 2.69. The summed E-state index contributed by atoms with van der Waals surface area (Å²) >= 11 is 18.6. The number of amides is 2. The van der Waals surface area contributed by atoms with Crippen molar-refractivity contribution in [3.8, 4) is 0 Å². The van der Waals surface area contributed by atoms with E-state index >= 15 is 0 Å². The molecule has 3 aromatic rings. The van der Waals surface area contributed by atoms with Crippen LogP contribution in [0.5, 0.6) is 0 Å². The van der Waals surface area contributed by atoms with Gasteiger partial charge in [-0.3, -0.25) is 13.9 Å². The van der Waals surface area contributed by atoms with E-state index in [1.54, 1.807) is 42.5 Å². The average Bonchev–Trinajstić information content (AvgIpc) is 2.94. The van der Waals surface area contributed by atoms with E-state index in [9.17, 15) is 18.0 Å². The number of hydrogen-bond donors (Lipinski definition) is 1. The quantitative estimate of drug-likeness (QED) is 0.184. The van der Waals surface area contributed by atoms with E-state index in [-0.39, 0.29) is 37.7 Å². The van der Waals surface area contributed by atoms with Gasteiger partial charge < -0.3 is 10.2 Å². The largest absolute Gasteiger partial charge is 0.354 e. The zero-order valence-electron chi connectivity index (χ0n) is 23.7.